The average Bonchev–Trinajstić information content (AvgIpc) is 3.32. The quantitative estimate of drug-likeness (QED) is 0.459. The fraction of sp³-hybridized carbons (Fsp3) is 0.643. The Morgan fingerprint density at radius 3 is 2.78 bits per heavy atom. The van der Waals surface area contributed by atoms with Gasteiger partial charge in [-0.25, -0.2) is 0 Å². The van der Waals surface area contributed by atoms with Gasteiger partial charge in [0, 0.05) is 18.3 Å². The second kappa shape index (κ2) is 7.94. The predicted molar refractivity (Wildman–Crippen MR) is 122 cm³/mol. The molecule has 4 nitrogen and oxygen atoms in total. The van der Waals surface area contributed by atoms with Crippen LogP contribution in [0.1, 0.15) is 76.2 Å². The lowest BCUT2D eigenvalue weighted by Crippen LogP contribution is -2.53. The van der Waals surface area contributed by atoms with Crippen molar-refractivity contribution in [1.29, 1.82) is 0 Å². The van der Waals surface area contributed by atoms with Crippen molar-refractivity contribution in [3.05, 3.63) is 35.3 Å². The molecule has 3 saturated carbocycles. The highest BCUT2D eigenvalue weighted by atomic mass is 16.6. The summed E-state index contributed by atoms with van der Waals surface area (Å²) in [5.41, 5.74) is 0.412. The molecule has 0 saturated heterocycles. The highest BCUT2D eigenvalue weighted by Gasteiger charge is 2.64. The Morgan fingerprint density at radius 1 is 1.19 bits per heavy atom. The molecule has 0 radical (unpaired) electrons. The van der Waals surface area contributed by atoms with Gasteiger partial charge in [-0.3, -0.25) is 9.59 Å². The first-order valence-corrected chi connectivity index (χ1v) is 12.3. The first kappa shape index (κ1) is 21.6. The van der Waals surface area contributed by atoms with Crippen LogP contribution in [-0.4, -0.2) is 17.4 Å². The number of aryl methyl sites for hydroxylation is 2. The van der Waals surface area contributed by atoms with Crippen molar-refractivity contribution < 1.29 is 18.7 Å². The number of furan rings is 1. The van der Waals surface area contributed by atoms with E-state index >= 15 is 0 Å². The van der Waals surface area contributed by atoms with E-state index < -0.39 is 5.60 Å². The molecule has 3 fully saturated rings. The Kier molecular flexibility index (Phi) is 5.35. The number of rotatable bonds is 4. The van der Waals surface area contributed by atoms with Gasteiger partial charge in [-0.05, 0) is 93.7 Å². The SMILES string of the molecule is C#CC1(OC(=O)CCc2ccc(C)o2)CCC2C3CCC4=CC(=O)CCC4C3CCC21C. The monoisotopic (exact) mass is 434 g/mol. The first-order valence-electron chi connectivity index (χ1n) is 12.3. The summed E-state index contributed by atoms with van der Waals surface area (Å²) in [7, 11) is 0. The third-order valence-corrected chi connectivity index (χ3v) is 9.31. The normalized spacial score (nSPS) is 38.2. The molecule has 1 aromatic heterocycles. The van der Waals surface area contributed by atoms with E-state index in [0.717, 1.165) is 56.5 Å². The van der Waals surface area contributed by atoms with Gasteiger partial charge in [0.2, 0.25) is 0 Å². The van der Waals surface area contributed by atoms with Gasteiger partial charge in [0.05, 0.1) is 6.42 Å². The number of hydrogen-bond acceptors (Lipinski definition) is 4. The van der Waals surface area contributed by atoms with Crippen LogP contribution in [0.2, 0.25) is 0 Å². The second-order valence-electron chi connectivity index (χ2n) is 10.8. The van der Waals surface area contributed by atoms with Crippen LogP contribution in [0.5, 0.6) is 0 Å². The molecule has 1 heterocycles. The third kappa shape index (κ3) is 3.36. The zero-order valence-electron chi connectivity index (χ0n) is 19.3. The summed E-state index contributed by atoms with van der Waals surface area (Å²) in [5, 5.41) is 0. The number of esters is 1. The van der Waals surface area contributed by atoms with E-state index in [1.807, 2.05) is 25.1 Å². The molecule has 4 aliphatic carbocycles. The molecular weight excluding hydrogens is 400 g/mol. The molecule has 5 rings (SSSR count). The van der Waals surface area contributed by atoms with Gasteiger partial charge in [0.15, 0.2) is 11.4 Å². The predicted octanol–water partition coefficient (Wildman–Crippen LogP) is 5.58. The lowest BCUT2D eigenvalue weighted by Gasteiger charge is -2.55. The second-order valence-corrected chi connectivity index (χ2v) is 10.8. The average molecular weight is 435 g/mol. The number of carbonyl (C=O) groups is 2. The highest BCUT2D eigenvalue weighted by molar-refractivity contribution is 5.91. The summed E-state index contributed by atoms with van der Waals surface area (Å²) >= 11 is 0. The van der Waals surface area contributed by atoms with Crippen LogP contribution in [0, 0.1) is 48.4 Å². The fourth-order valence-electron chi connectivity index (χ4n) is 7.70. The van der Waals surface area contributed by atoms with Crippen molar-refractivity contribution in [2.75, 3.05) is 0 Å². The molecule has 6 unspecified atom stereocenters. The molecule has 32 heavy (non-hydrogen) atoms. The van der Waals surface area contributed by atoms with Crippen molar-refractivity contribution in [2.24, 2.45) is 29.1 Å². The molecule has 170 valence electrons. The number of ether oxygens (including phenoxy) is 1. The van der Waals surface area contributed by atoms with Gasteiger partial charge in [0.1, 0.15) is 11.5 Å². The zero-order valence-corrected chi connectivity index (χ0v) is 19.3. The smallest absolute Gasteiger partial charge is 0.307 e. The third-order valence-electron chi connectivity index (χ3n) is 9.31. The van der Waals surface area contributed by atoms with Crippen LogP contribution in [-0.2, 0) is 20.7 Å². The Morgan fingerprint density at radius 2 is 2.03 bits per heavy atom. The number of fused-ring (bicyclic) bond motifs is 5. The maximum Gasteiger partial charge on any atom is 0.307 e. The lowest BCUT2D eigenvalue weighted by molar-refractivity contribution is -0.170. The molecule has 0 aliphatic heterocycles. The molecular formula is C28H34O4. The van der Waals surface area contributed by atoms with E-state index in [2.05, 4.69) is 12.8 Å². The highest BCUT2D eigenvalue weighted by Crippen LogP contribution is 2.65. The molecule has 0 spiro atoms. The summed E-state index contributed by atoms with van der Waals surface area (Å²) in [5.74, 6) is 7.04. The Hall–Kier alpha value is -2.28. The Labute approximate surface area is 191 Å². The Balaban J connectivity index is 1.31. The molecule has 6 atom stereocenters. The van der Waals surface area contributed by atoms with Crippen molar-refractivity contribution in [2.45, 2.75) is 83.7 Å². The van der Waals surface area contributed by atoms with Gasteiger partial charge < -0.3 is 9.15 Å². The number of carbonyl (C=O) groups excluding carboxylic acids is 2. The number of ketones is 1. The molecule has 0 bridgehead atoms. The van der Waals surface area contributed by atoms with Crippen LogP contribution < -0.4 is 0 Å². The molecule has 4 aliphatic rings. The van der Waals surface area contributed by atoms with Crippen molar-refractivity contribution in [1.82, 2.24) is 0 Å². The molecule has 0 aromatic carbocycles. The minimum absolute atomic E-state index is 0.175. The summed E-state index contributed by atoms with van der Waals surface area (Å²) in [6.45, 7) is 4.18. The maximum absolute atomic E-state index is 12.9. The number of allylic oxidation sites excluding steroid dienone is 1. The van der Waals surface area contributed by atoms with Crippen molar-refractivity contribution in [3.63, 3.8) is 0 Å². The fourth-order valence-corrected chi connectivity index (χ4v) is 7.70. The van der Waals surface area contributed by atoms with Crippen LogP contribution in [0.4, 0.5) is 0 Å². The van der Waals surface area contributed by atoms with Crippen LogP contribution in [0.3, 0.4) is 0 Å². The summed E-state index contributed by atoms with van der Waals surface area (Å²) in [6, 6.07) is 3.83. The van der Waals surface area contributed by atoms with Gasteiger partial charge in [0.25, 0.3) is 0 Å². The molecule has 0 amide bonds. The van der Waals surface area contributed by atoms with Crippen LogP contribution in [0.15, 0.2) is 28.2 Å². The van der Waals surface area contributed by atoms with Crippen LogP contribution in [0.25, 0.3) is 0 Å². The van der Waals surface area contributed by atoms with E-state index in [0.29, 0.717) is 42.3 Å². The van der Waals surface area contributed by atoms with Gasteiger partial charge in [-0.1, -0.05) is 18.4 Å². The van der Waals surface area contributed by atoms with Crippen molar-refractivity contribution >= 4 is 11.8 Å². The van der Waals surface area contributed by atoms with E-state index in [-0.39, 0.29) is 17.8 Å². The summed E-state index contributed by atoms with van der Waals surface area (Å²) < 4.78 is 11.8. The maximum atomic E-state index is 12.9. The van der Waals surface area contributed by atoms with Crippen LogP contribution >= 0.6 is 0 Å². The Bertz CT molecular complexity index is 993. The standard InChI is InChI=1S/C28H34O4/c1-4-28(32-26(30)12-9-21-8-5-18(2)31-21)16-14-25-24-10-6-19-17-20(29)7-11-22(19)23(24)13-15-27(25,28)3/h1,5,8,17,22-25H,6-7,9-16H2,2-3H3. The van der Waals surface area contributed by atoms with Gasteiger partial charge >= 0.3 is 5.97 Å². The van der Waals surface area contributed by atoms with E-state index in [1.165, 1.54) is 5.57 Å². The van der Waals surface area contributed by atoms with E-state index in [1.54, 1.807) is 0 Å². The summed E-state index contributed by atoms with van der Waals surface area (Å²) in [6.07, 6.45) is 16.6. The van der Waals surface area contributed by atoms with Gasteiger partial charge in [-0.15, -0.1) is 6.42 Å². The number of hydrogen-bond donors (Lipinski definition) is 0. The lowest BCUT2D eigenvalue weighted by atomic mass is 9.50. The van der Waals surface area contributed by atoms with E-state index in [9.17, 15) is 9.59 Å². The van der Waals surface area contributed by atoms with E-state index in [4.69, 9.17) is 15.6 Å². The first-order chi connectivity index (χ1) is 15.3. The number of terminal acetylenes is 1. The molecule has 1 aromatic rings. The largest absolute Gasteiger partial charge is 0.466 e. The van der Waals surface area contributed by atoms with Crippen molar-refractivity contribution in [3.8, 4) is 12.3 Å². The topological polar surface area (TPSA) is 56.5 Å². The summed E-state index contributed by atoms with van der Waals surface area (Å²) in [4.78, 5) is 24.8. The molecule has 0 N–H and O–H groups in total. The minimum atomic E-state index is -0.808. The zero-order chi connectivity index (χ0) is 22.5. The molecule has 4 heteroatoms. The minimum Gasteiger partial charge on any atom is -0.466 e. The van der Waals surface area contributed by atoms with Gasteiger partial charge in [-0.2, -0.15) is 0 Å².